The number of alkyl halides is 2. The molecule has 0 radical (unpaired) electrons. The predicted octanol–water partition coefficient (Wildman–Crippen LogP) is 3.48. The minimum Gasteiger partial charge on any atom is -0.415 e. The standard InChI is InChI=1S/C18H13F2N9O/c1-29-13(2-3-25-29)11-4-10(5-12-14(11)24-8-23-12)26-18-21-6-9(7-22-18)16-27-28-17(30-16)15(19)20/h2-8,15H,1H3,(H,23,24)(H,21,22,26). The maximum atomic E-state index is 12.6. The van der Waals surface area contributed by atoms with E-state index >= 15 is 0 Å². The number of H-pyrrole nitrogens is 1. The molecule has 10 nitrogen and oxygen atoms in total. The topological polar surface area (TPSA) is 123 Å². The van der Waals surface area contributed by atoms with Crippen LogP contribution in [0.1, 0.15) is 12.3 Å². The molecule has 5 rings (SSSR count). The Morgan fingerprint density at radius 1 is 1.13 bits per heavy atom. The van der Waals surface area contributed by atoms with Crippen LogP contribution in [-0.4, -0.2) is 39.9 Å². The lowest BCUT2D eigenvalue weighted by molar-refractivity contribution is 0.116. The normalized spacial score (nSPS) is 11.5. The van der Waals surface area contributed by atoms with Crippen LogP contribution in [0.2, 0.25) is 0 Å². The Morgan fingerprint density at radius 2 is 1.97 bits per heavy atom. The van der Waals surface area contributed by atoms with Gasteiger partial charge in [-0.15, -0.1) is 10.2 Å². The van der Waals surface area contributed by atoms with Gasteiger partial charge in [-0.2, -0.15) is 13.9 Å². The second kappa shape index (κ2) is 6.99. The summed E-state index contributed by atoms with van der Waals surface area (Å²) in [6, 6.07) is 5.70. The number of benzene rings is 1. The van der Waals surface area contributed by atoms with Gasteiger partial charge in [-0.05, 0) is 18.2 Å². The quantitative estimate of drug-likeness (QED) is 0.452. The van der Waals surface area contributed by atoms with Crippen LogP contribution in [-0.2, 0) is 7.05 Å². The van der Waals surface area contributed by atoms with E-state index < -0.39 is 12.3 Å². The molecule has 5 aromatic rings. The number of halogens is 2. The molecule has 0 unspecified atom stereocenters. The summed E-state index contributed by atoms with van der Waals surface area (Å²) in [6.07, 6.45) is 3.33. The van der Waals surface area contributed by atoms with E-state index in [-0.39, 0.29) is 5.89 Å². The number of rotatable bonds is 5. The lowest BCUT2D eigenvalue weighted by Crippen LogP contribution is -1.99. The van der Waals surface area contributed by atoms with Crippen molar-refractivity contribution in [3.8, 4) is 22.7 Å². The van der Waals surface area contributed by atoms with Crippen molar-refractivity contribution in [3.63, 3.8) is 0 Å². The van der Waals surface area contributed by atoms with Crippen molar-refractivity contribution >= 4 is 22.7 Å². The van der Waals surface area contributed by atoms with Crippen LogP contribution in [0.15, 0.2) is 47.5 Å². The third-order valence-corrected chi connectivity index (χ3v) is 4.40. The average molecular weight is 409 g/mol. The van der Waals surface area contributed by atoms with Crippen molar-refractivity contribution in [3.05, 3.63) is 49.0 Å². The van der Waals surface area contributed by atoms with E-state index in [0.29, 0.717) is 11.5 Å². The molecule has 0 spiro atoms. The van der Waals surface area contributed by atoms with Crippen molar-refractivity contribution < 1.29 is 13.2 Å². The number of imidazole rings is 1. The van der Waals surface area contributed by atoms with Gasteiger partial charge in [0.2, 0.25) is 5.95 Å². The van der Waals surface area contributed by atoms with E-state index in [9.17, 15) is 8.78 Å². The summed E-state index contributed by atoms with van der Waals surface area (Å²) in [7, 11) is 1.85. The van der Waals surface area contributed by atoms with Gasteiger partial charge in [0.1, 0.15) is 0 Å². The lowest BCUT2D eigenvalue weighted by Gasteiger charge is -2.09. The van der Waals surface area contributed by atoms with Crippen LogP contribution in [0, 0.1) is 0 Å². The largest absolute Gasteiger partial charge is 0.415 e. The first-order valence-electron chi connectivity index (χ1n) is 8.75. The second-order valence-corrected chi connectivity index (χ2v) is 6.33. The van der Waals surface area contributed by atoms with E-state index in [0.717, 1.165) is 28.0 Å². The highest BCUT2D eigenvalue weighted by atomic mass is 19.3. The molecule has 0 atom stereocenters. The second-order valence-electron chi connectivity index (χ2n) is 6.33. The van der Waals surface area contributed by atoms with E-state index in [4.69, 9.17) is 4.42 Å². The third-order valence-electron chi connectivity index (χ3n) is 4.40. The Morgan fingerprint density at radius 3 is 2.67 bits per heavy atom. The summed E-state index contributed by atoms with van der Waals surface area (Å²) in [5.41, 5.74) is 4.49. The number of nitrogens with one attached hydrogen (secondary N) is 2. The summed E-state index contributed by atoms with van der Waals surface area (Å²) < 4.78 is 31.9. The Hall–Kier alpha value is -4.22. The molecule has 4 aromatic heterocycles. The summed E-state index contributed by atoms with van der Waals surface area (Å²) in [5, 5.41) is 14.2. The van der Waals surface area contributed by atoms with Crippen molar-refractivity contribution in [1.29, 1.82) is 0 Å². The lowest BCUT2D eigenvalue weighted by atomic mass is 10.1. The van der Waals surface area contributed by atoms with Gasteiger partial charge in [0.15, 0.2) is 0 Å². The van der Waals surface area contributed by atoms with Crippen LogP contribution in [0.3, 0.4) is 0 Å². The number of aryl methyl sites for hydroxylation is 1. The molecule has 12 heteroatoms. The van der Waals surface area contributed by atoms with Gasteiger partial charge in [0.25, 0.3) is 11.8 Å². The molecule has 0 amide bonds. The molecule has 0 aliphatic carbocycles. The molecule has 1 aromatic carbocycles. The number of aromatic amines is 1. The SMILES string of the molecule is Cn1nccc1-c1cc(Nc2ncc(-c3nnc(C(F)F)o3)cn2)cc2[nH]cnc12. The van der Waals surface area contributed by atoms with E-state index in [1.54, 1.807) is 17.2 Å². The summed E-state index contributed by atoms with van der Waals surface area (Å²) in [4.78, 5) is 15.9. The molecular weight excluding hydrogens is 396 g/mol. The molecule has 0 aliphatic heterocycles. The molecule has 30 heavy (non-hydrogen) atoms. The Balaban J connectivity index is 1.45. The van der Waals surface area contributed by atoms with Gasteiger partial charge >= 0.3 is 6.43 Å². The Bertz CT molecular complexity index is 1320. The summed E-state index contributed by atoms with van der Waals surface area (Å²) in [6.45, 7) is 0. The first kappa shape index (κ1) is 17.8. The molecule has 0 aliphatic rings. The number of hydrogen-bond donors (Lipinski definition) is 2. The first-order valence-corrected chi connectivity index (χ1v) is 8.75. The van der Waals surface area contributed by atoms with E-state index in [1.807, 2.05) is 25.2 Å². The van der Waals surface area contributed by atoms with Crippen LogP contribution in [0.5, 0.6) is 0 Å². The highest BCUT2D eigenvalue weighted by Crippen LogP contribution is 2.31. The highest BCUT2D eigenvalue weighted by Gasteiger charge is 2.17. The van der Waals surface area contributed by atoms with E-state index in [1.165, 1.54) is 12.4 Å². The summed E-state index contributed by atoms with van der Waals surface area (Å²) >= 11 is 0. The van der Waals surface area contributed by atoms with Crippen LogP contribution in [0.25, 0.3) is 33.7 Å². The zero-order valence-electron chi connectivity index (χ0n) is 15.4. The van der Waals surface area contributed by atoms with Gasteiger partial charge in [-0.3, -0.25) is 4.68 Å². The zero-order chi connectivity index (χ0) is 20.7. The minimum absolute atomic E-state index is 0.0748. The van der Waals surface area contributed by atoms with Crippen LogP contribution in [0.4, 0.5) is 20.4 Å². The molecule has 0 saturated heterocycles. The summed E-state index contributed by atoms with van der Waals surface area (Å²) in [5.74, 6) is -0.515. The fourth-order valence-corrected chi connectivity index (χ4v) is 3.03. The Kier molecular flexibility index (Phi) is 4.16. The molecule has 150 valence electrons. The monoisotopic (exact) mass is 409 g/mol. The highest BCUT2D eigenvalue weighted by molar-refractivity contribution is 5.94. The maximum Gasteiger partial charge on any atom is 0.314 e. The zero-order valence-corrected chi connectivity index (χ0v) is 15.4. The van der Waals surface area contributed by atoms with Crippen molar-refractivity contribution in [2.24, 2.45) is 7.05 Å². The molecular formula is C18H13F2N9O. The van der Waals surface area contributed by atoms with Crippen LogP contribution < -0.4 is 5.32 Å². The van der Waals surface area contributed by atoms with Crippen molar-refractivity contribution in [1.82, 2.24) is 39.9 Å². The first-order chi connectivity index (χ1) is 14.6. The number of fused-ring (bicyclic) bond motifs is 1. The number of nitrogens with zero attached hydrogens (tertiary/aromatic N) is 7. The molecule has 4 heterocycles. The smallest absolute Gasteiger partial charge is 0.314 e. The maximum absolute atomic E-state index is 12.6. The van der Waals surface area contributed by atoms with Gasteiger partial charge < -0.3 is 14.7 Å². The molecule has 2 N–H and O–H groups in total. The third kappa shape index (κ3) is 3.13. The van der Waals surface area contributed by atoms with Gasteiger partial charge in [0.05, 0.1) is 28.6 Å². The average Bonchev–Trinajstić information content (AvgIpc) is 3.48. The Labute approximate surface area is 167 Å². The predicted molar refractivity (Wildman–Crippen MR) is 102 cm³/mol. The van der Waals surface area contributed by atoms with Crippen molar-refractivity contribution in [2.75, 3.05) is 5.32 Å². The molecule has 0 bridgehead atoms. The minimum atomic E-state index is -2.83. The number of hydrogen-bond acceptors (Lipinski definition) is 8. The number of anilines is 2. The van der Waals surface area contributed by atoms with Gasteiger partial charge in [-0.1, -0.05) is 0 Å². The number of aromatic nitrogens is 8. The van der Waals surface area contributed by atoms with Gasteiger partial charge in [-0.25, -0.2) is 15.0 Å². The molecule has 0 saturated carbocycles. The van der Waals surface area contributed by atoms with Crippen molar-refractivity contribution in [2.45, 2.75) is 6.43 Å². The van der Waals surface area contributed by atoms with Crippen LogP contribution >= 0.6 is 0 Å². The van der Waals surface area contributed by atoms with E-state index in [2.05, 4.69) is 40.5 Å². The molecule has 0 fully saturated rings. The fraction of sp³-hybridized carbons (Fsp3) is 0.111. The fourth-order valence-electron chi connectivity index (χ4n) is 3.03. The van der Waals surface area contributed by atoms with Gasteiger partial charge in [0, 0.05) is 36.9 Å².